The van der Waals surface area contributed by atoms with Crippen LogP contribution in [0.4, 0.5) is 10.2 Å². The molecule has 3 aromatic heterocycles. The van der Waals surface area contributed by atoms with Crippen LogP contribution in [0.2, 0.25) is 0 Å². The van der Waals surface area contributed by atoms with E-state index in [0.29, 0.717) is 23.4 Å². The van der Waals surface area contributed by atoms with Crippen molar-refractivity contribution in [2.24, 2.45) is 11.0 Å². The van der Waals surface area contributed by atoms with Crippen LogP contribution in [0.15, 0.2) is 41.8 Å². The number of hydrogen-bond acceptors (Lipinski definition) is 6. The van der Waals surface area contributed by atoms with Gasteiger partial charge in [0.25, 0.3) is 0 Å². The average Bonchev–Trinajstić information content (AvgIpc) is 3.34. The highest BCUT2D eigenvalue weighted by atomic mass is 19.1. The van der Waals surface area contributed by atoms with Crippen LogP contribution in [-0.4, -0.2) is 36.8 Å². The number of nitrogens with two attached hydrogens (primary N) is 1. The third-order valence-corrected chi connectivity index (χ3v) is 5.09. The molecule has 5 rings (SSSR count). The lowest BCUT2D eigenvalue weighted by molar-refractivity contribution is -0.121. The topological polar surface area (TPSA) is 138 Å². The number of rotatable bonds is 3. The molecule has 10 heteroatoms. The van der Waals surface area contributed by atoms with Crippen molar-refractivity contribution in [1.29, 1.82) is 0 Å². The summed E-state index contributed by atoms with van der Waals surface area (Å²) in [5.41, 5.74) is 13.1. The zero-order valence-corrected chi connectivity index (χ0v) is 15.9. The number of carbonyl (C=O) groups is 1. The van der Waals surface area contributed by atoms with E-state index in [4.69, 9.17) is 5.73 Å². The maximum atomic E-state index is 13.9. The second-order valence-electron chi connectivity index (χ2n) is 7.20. The van der Waals surface area contributed by atoms with Crippen LogP contribution in [-0.2, 0) is 4.79 Å². The highest BCUT2D eigenvalue weighted by Crippen LogP contribution is 2.30. The Morgan fingerprint density at radius 3 is 2.83 bits per heavy atom. The number of amides is 1. The van der Waals surface area contributed by atoms with Gasteiger partial charge in [0.15, 0.2) is 5.82 Å². The molecule has 4 heterocycles. The van der Waals surface area contributed by atoms with E-state index < -0.39 is 5.82 Å². The summed E-state index contributed by atoms with van der Waals surface area (Å²) in [7, 11) is 0. The van der Waals surface area contributed by atoms with Crippen molar-refractivity contribution in [2.75, 3.05) is 5.73 Å². The van der Waals surface area contributed by atoms with Crippen LogP contribution in [0.25, 0.3) is 33.7 Å². The molecule has 0 radical (unpaired) electrons. The Morgan fingerprint density at radius 2 is 2.07 bits per heavy atom. The minimum atomic E-state index is -0.476. The smallest absolute Gasteiger partial charge is 0.240 e. The number of nitrogens with zero attached hydrogens (tertiary/aromatic N) is 4. The number of halogens is 1. The summed E-state index contributed by atoms with van der Waals surface area (Å²) < 4.78 is 13.9. The van der Waals surface area contributed by atoms with E-state index in [-0.39, 0.29) is 23.3 Å². The fourth-order valence-electron chi connectivity index (χ4n) is 3.57. The van der Waals surface area contributed by atoms with Crippen molar-refractivity contribution in [3.8, 4) is 22.6 Å². The molecule has 1 aliphatic rings. The van der Waals surface area contributed by atoms with Crippen molar-refractivity contribution in [3.63, 3.8) is 0 Å². The second kappa shape index (κ2) is 6.76. The normalized spacial score (nSPS) is 16.5. The molecule has 9 nitrogen and oxygen atoms in total. The summed E-state index contributed by atoms with van der Waals surface area (Å²) in [6, 6.07) is 7.43. The summed E-state index contributed by atoms with van der Waals surface area (Å²) in [6.07, 6.45) is 2.98. The van der Waals surface area contributed by atoms with E-state index in [1.807, 2.05) is 25.1 Å². The molecule has 5 N–H and O–H groups in total. The fraction of sp³-hybridized carbons (Fsp3) is 0.150. The lowest BCUT2D eigenvalue weighted by Crippen LogP contribution is -2.31. The van der Waals surface area contributed by atoms with Gasteiger partial charge in [0.05, 0.1) is 28.5 Å². The number of benzene rings is 1. The third kappa shape index (κ3) is 2.98. The number of hydrogen-bond donors (Lipinski definition) is 4. The number of H-pyrrole nitrogens is 2. The zero-order chi connectivity index (χ0) is 20.8. The molecular formula is C20H17FN8O. The second-order valence-corrected chi connectivity index (χ2v) is 7.20. The standard InChI is InChI=1S/C20H17FN8O/c1-9-4-16(30)27-29-17(9)10-2-3-14-15(6-10)26-20(25-14)12-5-11(7-23-19(12)22)18-13(21)8-24-28-18/h2-3,5-9H,4H2,1H3,(H2,22,23)(H,24,28)(H,25,26)(H,27,30). The zero-order valence-electron chi connectivity index (χ0n) is 15.9. The Kier molecular flexibility index (Phi) is 4.05. The SMILES string of the molecule is CC1CC(=O)NN=C1c1ccc2nc(-c3cc(-c4[nH]ncc4F)cnc3N)[nH]c2c1. The maximum absolute atomic E-state index is 13.9. The van der Waals surface area contributed by atoms with Crippen LogP contribution in [0.1, 0.15) is 18.9 Å². The summed E-state index contributed by atoms with van der Waals surface area (Å²) in [5, 5.41) is 10.5. The first-order valence-electron chi connectivity index (χ1n) is 9.31. The molecule has 4 aromatic rings. The van der Waals surface area contributed by atoms with Gasteiger partial charge in [0.2, 0.25) is 5.91 Å². The molecule has 1 aromatic carbocycles. The number of fused-ring (bicyclic) bond motifs is 1. The van der Waals surface area contributed by atoms with Gasteiger partial charge in [-0.2, -0.15) is 10.2 Å². The fourth-order valence-corrected chi connectivity index (χ4v) is 3.57. The number of aromatic nitrogens is 5. The van der Waals surface area contributed by atoms with E-state index in [1.54, 1.807) is 6.07 Å². The van der Waals surface area contributed by atoms with Gasteiger partial charge in [-0.1, -0.05) is 13.0 Å². The number of imidazole rings is 1. The van der Waals surface area contributed by atoms with Crippen molar-refractivity contribution in [1.82, 2.24) is 30.6 Å². The molecule has 150 valence electrons. The quantitative estimate of drug-likeness (QED) is 0.416. The van der Waals surface area contributed by atoms with Gasteiger partial charge >= 0.3 is 0 Å². The molecule has 0 saturated heterocycles. The number of nitrogens with one attached hydrogen (secondary N) is 3. The summed E-state index contributed by atoms with van der Waals surface area (Å²) >= 11 is 0. The molecule has 30 heavy (non-hydrogen) atoms. The monoisotopic (exact) mass is 404 g/mol. The van der Waals surface area contributed by atoms with Crippen LogP contribution in [0, 0.1) is 11.7 Å². The Hall–Kier alpha value is -4.08. The predicted octanol–water partition coefficient (Wildman–Crippen LogP) is 2.60. The molecule has 0 aliphatic carbocycles. The van der Waals surface area contributed by atoms with E-state index in [9.17, 15) is 9.18 Å². The molecule has 1 atom stereocenters. The largest absolute Gasteiger partial charge is 0.383 e. The van der Waals surface area contributed by atoms with Crippen LogP contribution in [0.5, 0.6) is 0 Å². The lowest BCUT2D eigenvalue weighted by Gasteiger charge is -2.18. The maximum Gasteiger partial charge on any atom is 0.240 e. The first-order chi connectivity index (χ1) is 14.5. The summed E-state index contributed by atoms with van der Waals surface area (Å²) in [6.45, 7) is 1.96. The van der Waals surface area contributed by atoms with Crippen molar-refractivity contribution >= 4 is 28.5 Å². The van der Waals surface area contributed by atoms with Gasteiger partial charge in [-0.3, -0.25) is 9.89 Å². The van der Waals surface area contributed by atoms with E-state index >= 15 is 0 Å². The van der Waals surface area contributed by atoms with Crippen molar-refractivity contribution < 1.29 is 9.18 Å². The minimum Gasteiger partial charge on any atom is -0.383 e. The van der Waals surface area contributed by atoms with E-state index in [2.05, 4.69) is 35.7 Å². The Bertz CT molecular complexity index is 1320. The molecule has 0 bridgehead atoms. The Labute approximate surface area is 169 Å². The third-order valence-electron chi connectivity index (χ3n) is 5.09. The number of pyridine rings is 1. The van der Waals surface area contributed by atoms with E-state index in [0.717, 1.165) is 28.5 Å². The Morgan fingerprint density at radius 1 is 1.20 bits per heavy atom. The van der Waals surface area contributed by atoms with Gasteiger partial charge in [0, 0.05) is 29.7 Å². The first-order valence-corrected chi connectivity index (χ1v) is 9.31. The summed E-state index contributed by atoms with van der Waals surface area (Å²) in [4.78, 5) is 23.5. The van der Waals surface area contributed by atoms with Gasteiger partial charge in [-0.15, -0.1) is 0 Å². The highest BCUT2D eigenvalue weighted by molar-refractivity contribution is 6.07. The Balaban J connectivity index is 1.56. The summed E-state index contributed by atoms with van der Waals surface area (Å²) in [5.74, 6) is 0.232. The molecule has 0 saturated carbocycles. The predicted molar refractivity (Wildman–Crippen MR) is 110 cm³/mol. The van der Waals surface area contributed by atoms with Gasteiger partial charge in [-0.05, 0) is 18.2 Å². The van der Waals surface area contributed by atoms with E-state index in [1.165, 1.54) is 6.20 Å². The number of nitrogen functional groups attached to an aromatic ring is 1. The van der Waals surface area contributed by atoms with Crippen LogP contribution < -0.4 is 11.2 Å². The number of anilines is 1. The molecule has 1 unspecified atom stereocenters. The van der Waals surface area contributed by atoms with Gasteiger partial charge in [0.1, 0.15) is 17.3 Å². The van der Waals surface area contributed by atoms with Crippen LogP contribution >= 0.6 is 0 Å². The van der Waals surface area contributed by atoms with Crippen molar-refractivity contribution in [2.45, 2.75) is 13.3 Å². The van der Waals surface area contributed by atoms with Crippen LogP contribution in [0.3, 0.4) is 0 Å². The lowest BCUT2D eigenvalue weighted by atomic mass is 9.94. The molecule has 1 amide bonds. The molecule has 1 aliphatic heterocycles. The van der Waals surface area contributed by atoms with Gasteiger partial charge in [-0.25, -0.2) is 19.8 Å². The minimum absolute atomic E-state index is 0.0134. The van der Waals surface area contributed by atoms with Crippen molar-refractivity contribution in [3.05, 3.63) is 48.0 Å². The molecular weight excluding hydrogens is 387 g/mol. The first kappa shape index (κ1) is 18.0. The molecule has 0 spiro atoms. The highest BCUT2D eigenvalue weighted by Gasteiger charge is 2.22. The number of carbonyl (C=O) groups excluding carboxylic acids is 1. The molecule has 0 fully saturated rings. The average molecular weight is 404 g/mol. The van der Waals surface area contributed by atoms with Gasteiger partial charge < -0.3 is 10.7 Å². The number of aromatic amines is 2. The number of hydrazone groups is 1.